The van der Waals surface area contributed by atoms with Gasteiger partial charge in [-0.05, 0) is 28.8 Å². The Balaban J connectivity index is 1.76. The zero-order chi connectivity index (χ0) is 13.2. The van der Waals surface area contributed by atoms with Crippen molar-refractivity contribution in [2.75, 3.05) is 0 Å². The van der Waals surface area contributed by atoms with Crippen LogP contribution in [0.5, 0.6) is 0 Å². The third-order valence-electron chi connectivity index (χ3n) is 3.48. The molecule has 0 unspecified atom stereocenters. The molecule has 0 spiro atoms. The van der Waals surface area contributed by atoms with Gasteiger partial charge >= 0.3 is 0 Å². The van der Waals surface area contributed by atoms with Gasteiger partial charge in [0.25, 0.3) is 0 Å². The third kappa shape index (κ3) is 2.49. The predicted octanol–water partition coefficient (Wildman–Crippen LogP) is 3.73. The highest BCUT2D eigenvalue weighted by molar-refractivity contribution is 6.31. The topological polar surface area (TPSA) is 27.0 Å². The summed E-state index contributed by atoms with van der Waals surface area (Å²) in [6, 6.07) is 16.1. The van der Waals surface area contributed by atoms with Crippen molar-refractivity contribution in [3.8, 4) is 6.07 Å². The van der Waals surface area contributed by atoms with E-state index in [0.717, 1.165) is 25.2 Å². The van der Waals surface area contributed by atoms with Crippen molar-refractivity contribution in [1.29, 1.82) is 5.26 Å². The van der Waals surface area contributed by atoms with Crippen molar-refractivity contribution in [3.63, 3.8) is 0 Å². The number of rotatable bonds is 2. The molecule has 0 fully saturated rings. The van der Waals surface area contributed by atoms with Crippen LogP contribution in [0.15, 0.2) is 42.5 Å². The van der Waals surface area contributed by atoms with Gasteiger partial charge in [-0.1, -0.05) is 41.9 Å². The van der Waals surface area contributed by atoms with E-state index >= 15 is 0 Å². The summed E-state index contributed by atoms with van der Waals surface area (Å²) < 4.78 is 0. The van der Waals surface area contributed by atoms with Crippen molar-refractivity contribution in [2.24, 2.45) is 0 Å². The summed E-state index contributed by atoms with van der Waals surface area (Å²) in [6.45, 7) is 2.75. The predicted molar refractivity (Wildman–Crippen MR) is 75.6 cm³/mol. The molecule has 0 atom stereocenters. The Hall–Kier alpha value is -1.82. The number of hydrogen-bond donors (Lipinski definition) is 0. The molecule has 2 nitrogen and oxygen atoms in total. The molecule has 1 aliphatic heterocycles. The van der Waals surface area contributed by atoms with E-state index in [1.54, 1.807) is 6.07 Å². The molecule has 0 aliphatic carbocycles. The van der Waals surface area contributed by atoms with E-state index in [1.165, 1.54) is 11.1 Å². The molecule has 0 saturated carbocycles. The monoisotopic (exact) mass is 268 g/mol. The molecule has 3 heteroatoms. The van der Waals surface area contributed by atoms with Crippen LogP contribution in [0.25, 0.3) is 0 Å². The molecule has 3 rings (SSSR count). The largest absolute Gasteiger partial charge is 0.291 e. The SMILES string of the molecule is N#Cc1ccc(CN2Cc3ccccc3C2)c(Cl)c1. The first kappa shape index (κ1) is 12.2. The van der Waals surface area contributed by atoms with Gasteiger partial charge in [-0.15, -0.1) is 0 Å². The average Bonchev–Trinajstić information content (AvgIpc) is 2.83. The van der Waals surface area contributed by atoms with Gasteiger partial charge in [-0.3, -0.25) is 4.90 Å². The molecular weight excluding hydrogens is 256 g/mol. The molecular formula is C16H13ClN2. The summed E-state index contributed by atoms with van der Waals surface area (Å²) >= 11 is 6.22. The smallest absolute Gasteiger partial charge is 0.0992 e. The van der Waals surface area contributed by atoms with Crippen molar-refractivity contribution in [3.05, 3.63) is 69.7 Å². The van der Waals surface area contributed by atoms with Crippen LogP contribution in [0.4, 0.5) is 0 Å². The maximum atomic E-state index is 8.84. The van der Waals surface area contributed by atoms with Gasteiger partial charge < -0.3 is 0 Å². The Bertz CT molecular complexity index is 633. The molecule has 0 bridgehead atoms. The molecule has 1 aliphatic rings. The molecule has 19 heavy (non-hydrogen) atoms. The van der Waals surface area contributed by atoms with Gasteiger partial charge in [-0.25, -0.2) is 0 Å². The van der Waals surface area contributed by atoms with Crippen LogP contribution in [0.1, 0.15) is 22.3 Å². The number of benzene rings is 2. The molecule has 94 valence electrons. The summed E-state index contributed by atoms with van der Waals surface area (Å²) in [6.07, 6.45) is 0. The molecule has 2 aromatic rings. The normalized spacial score (nSPS) is 14.1. The van der Waals surface area contributed by atoms with Crippen molar-refractivity contribution in [1.82, 2.24) is 4.90 Å². The molecule has 2 aromatic carbocycles. The van der Waals surface area contributed by atoms with Gasteiger partial charge in [0.1, 0.15) is 0 Å². The highest BCUT2D eigenvalue weighted by Crippen LogP contribution is 2.26. The second-order valence-corrected chi connectivity index (χ2v) is 5.24. The van der Waals surface area contributed by atoms with Crippen LogP contribution < -0.4 is 0 Å². The molecule has 0 N–H and O–H groups in total. The van der Waals surface area contributed by atoms with Gasteiger partial charge in [-0.2, -0.15) is 5.26 Å². The summed E-state index contributed by atoms with van der Waals surface area (Å²) in [7, 11) is 0. The minimum atomic E-state index is 0.610. The second kappa shape index (κ2) is 5.05. The van der Waals surface area contributed by atoms with E-state index in [-0.39, 0.29) is 0 Å². The number of nitriles is 1. The molecule has 0 amide bonds. The second-order valence-electron chi connectivity index (χ2n) is 4.83. The maximum Gasteiger partial charge on any atom is 0.0992 e. The van der Waals surface area contributed by atoms with E-state index in [0.29, 0.717) is 10.6 Å². The lowest BCUT2D eigenvalue weighted by atomic mass is 10.1. The zero-order valence-electron chi connectivity index (χ0n) is 10.4. The first-order valence-corrected chi connectivity index (χ1v) is 6.62. The van der Waals surface area contributed by atoms with Gasteiger partial charge in [0.15, 0.2) is 0 Å². The first-order chi connectivity index (χ1) is 9.26. The number of halogens is 1. The van der Waals surface area contributed by atoms with Crippen molar-refractivity contribution >= 4 is 11.6 Å². The Labute approximate surface area is 117 Å². The number of hydrogen-bond acceptors (Lipinski definition) is 2. The van der Waals surface area contributed by atoms with Gasteiger partial charge in [0.2, 0.25) is 0 Å². The van der Waals surface area contributed by atoms with Crippen LogP contribution >= 0.6 is 11.6 Å². The Morgan fingerprint density at radius 2 is 1.79 bits per heavy atom. The van der Waals surface area contributed by atoms with Crippen LogP contribution in [0, 0.1) is 11.3 Å². The minimum absolute atomic E-state index is 0.610. The number of fused-ring (bicyclic) bond motifs is 1. The Kier molecular flexibility index (Phi) is 3.25. The van der Waals surface area contributed by atoms with E-state index < -0.39 is 0 Å². The highest BCUT2D eigenvalue weighted by atomic mass is 35.5. The summed E-state index contributed by atoms with van der Waals surface area (Å²) in [5.74, 6) is 0. The minimum Gasteiger partial charge on any atom is -0.291 e. The van der Waals surface area contributed by atoms with E-state index in [2.05, 4.69) is 35.2 Å². The van der Waals surface area contributed by atoms with E-state index in [4.69, 9.17) is 16.9 Å². The lowest BCUT2D eigenvalue weighted by molar-refractivity contribution is 0.275. The lowest BCUT2D eigenvalue weighted by Gasteiger charge is -2.15. The number of nitrogens with zero attached hydrogens (tertiary/aromatic N) is 2. The molecule has 1 heterocycles. The van der Waals surface area contributed by atoms with E-state index in [9.17, 15) is 0 Å². The Morgan fingerprint density at radius 3 is 2.37 bits per heavy atom. The molecule has 0 aromatic heterocycles. The van der Waals surface area contributed by atoms with Crippen molar-refractivity contribution in [2.45, 2.75) is 19.6 Å². The highest BCUT2D eigenvalue weighted by Gasteiger charge is 2.18. The fourth-order valence-electron chi connectivity index (χ4n) is 2.50. The van der Waals surface area contributed by atoms with Gasteiger partial charge in [0.05, 0.1) is 11.6 Å². The maximum absolute atomic E-state index is 8.84. The fourth-order valence-corrected chi connectivity index (χ4v) is 2.74. The lowest BCUT2D eigenvalue weighted by Crippen LogP contribution is -2.15. The van der Waals surface area contributed by atoms with E-state index in [1.807, 2.05) is 12.1 Å². The van der Waals surface area contributed by atoms with Crippen LogP contribution in [-0.4, -0.2) is 4.90 Å². The Morgan fingerprint density at radius 1 is 1.11 bits per heavy atom. The van der Waals surface area contributed by atoms with Crippen molar-refractivity contribution < 1.29 is 0 Å². The fraction of sp³-hybridized carbons (Fsp3) is 0.188. The average molecular weight is 269 g/mol. The quantitative estimate of drug-likeness (QED) is 0.830. The summed E-state index contributed by atoms with van der Waals surface area (Å²) in [4.78, 5) is 2.36. The standard InChI is InChI=1S/C16H13ClN2/c17-16-7-12(8-18)5-6-15(16)11-19-9-13-3-1-2-4-14(13)10-19/h1-7H,9-11H2. The third-order valence-corrected chi connectivity index (χ3v) is 3.83. The van der Waals surface area contributed by atoms with Crippen LogP contribution in [0.3, 0.4) is 0 Å². The summed E-state index contributed by atoms with van der Waals surface area (Å²) in [5.41, 5.74) is 4.48. The first-order valence-electron chi connectivity index (χ1n) is 6.24. The van der Waals surface area contributed by atoms with Crippen LogP contribution in [-0.2, 0) is 19.6 Å². The molecule has 0 radical (unpaired) electrons. The summed E-state index contributed by atoms with van der Waals surface area (Å²) in [5, 5.41) is 9.51. The van der Waals surface area contributed by atoms with Crippen LogP contribution in [0.2, 0.25) is 5.02 Å². The zero-order valence-corrected chi connectivity index (χ0v) is 11.2. The van der Waals surface area contributed by atoms with Gasteiger partial charge in [0, 0.05) is 24.7 Å². The molecule has 0 saturated heterocycles.